The highest BCUT2D eigenvalue weighted by molar-refractivity contribution is 7.92. The second-order valence-electron chi connectivity index (χ2n) is 4.94. The fraction of sp³-hybridized carbons (Fsp3) is 0.278. The van der Waals surface area contributed by atoms with Crippen LogP contribution < -0.4 is 19.8 Å². The van der Waals surface area contributed by atoms with Crippen LogP contribution in [0.25, 0.3) is 0 Å². The molecule has 0 fully saturated rings. The molecule has 0 unspecified atom stereocenters. The Morgan fingerprint density at radius 2 is 1.74 bits per heavy atom. The minimum atomic E-state index is -3.56. The van der Waals surface area contributed by atoms with Crippen molar-refractivity contribution in [3.63, 3.8) is 0 Å². The van der Waals surface area contributed by atoms with Crippen molar-refractivity contribution in [1.82, 2.24) is 5.48 Å². The molecule has 0 spiro atoms. The molecule has 0 aromatic heterocycles. The van der Waals surface area contributed by atoms with Gasteiger partial charge in [-0.2, -0.15) is 0 Å². The van der Waals surface area contributed by atoms with Gasteiger partial charge in [-0.15, -0.1) is 0 Å². The number of benzene rings is 2. The topological polar surface area (TPSA) is 108 Å². The number of nitrogens with one attached hydrogen (secondary N) is 2. The molecule has 1 aliphatic heterocycles. The quantitative estimate of drug-likeness (QED) is 0.417. The van der Waals surface area contributed by atoms with Crippen LogP contribution in [0.5, 0.6) is 5.75 Å². The molecular weight excluding hydrogens is 370 g/mol. The van der Waals surface area contributed by atoms with Gasteiger partial charge in [0.2, 0.25) is 6.41 Å². The number of carbonyl (C=O) groups is 1. The normalized spacial score (nSPS) is 12.1. The van der Waals surface area contributed by atoms with Crippen molar-refractivity contribution in [2.75, 3.05) is 29.8 Å². The summed E-state index contributed by atoms with van der Waals surface area (Å²) in [6.07, 6.45) is 0.181. The fourth-order valence-electron chi connectivity index (χ4n) is 2.38. The second-order valence-corrected chi connectivity index (χ2v) is 6.81. The summed E-state index contributed by atoms with van der Waals surface area (Å²) in [4.78, 5) is 9.08. The number of para-hydroxylation sites is 2. The molecule has 3 N–H and O–H groups in total. The number of amides is 1. The molecule has 2 aromatic rings. The summed E-state index contributed by atoms with van der Waals surface area (Å²) >= 11 is 0. The number of hydrogen-bond acceptors (Lipinski definition) is 6. The first-order valence-electron chi connectivity index (χ1n) is 8.37. The van der Waals surface area contributed by atoms with Crippen molar-refractivity contribution in [2.24, 2.45) is 0 Å². The van der Waals surface area contributed by atoms with Gasteiger partial charge in [0.15, 0.2) is 0 Å². The SMILES string of the molecule is CC.COc1ccc(S(=O)(=O)N2CCNc3ccccc32)cc1.O=CNO. The molecule has 27 heavy (non-hydrogen) atoms. The van der Waals surface area contributed by atoms with Crippen LogP contribution in [-0.4, -0.2) is 40.2 Å². The molecular formula is C18H25N3O5S. The summed E-state index contributed by atoms with van der Waals surface area (Å²) in [6.45, 7) is 5.00. The smallest absolute Gasteiger partial charge is 0.264 e. The third kappa shape index (κ3) is 5.60. The number of fused-ring (bicyclic) bond motifs is 1. The number of methoxy groups -OCH3 is 1. The number of ether oxygens (including phenoxy) is 1. The van der Waals surface area contributed by atoms with E-state index in [1.165, 1.54) is 9.79 Å². The van der Waals surface area contributed by atoms with Crippen molar-refractivity contribution < 1.29 is 23.2 Å². The molecule has 0 bridgehead atoms. The van der Waals surface area contributed by atoms with Gasteiger partial charge in [0, 0.05) is 6.54 Å². The number of hydrogen-bond donors (Lipinski definition) is 3. The summed E-state index contributed by atoms with van der Waals surface area (Å²) in [7, 11) is -2.01. The number of carbonyl (C=O) groups excluding carboxylic acids is 1. The predicted molar refractivity (Wildman–Crippen MR) is 105 cm³/mol. The first-order valence-corrected chi connectivity index (χ1v) is 9.81. The van der Waals surface area contributed by atoms with Crippen LogP contribution in [0, 0.1) is 0 Å². The molecule has 0 radical (unpaired) electrons. The standard InChI is InChI=1S/C15H16N2O3S.C2H6.CH3NO2/c1-20-12-6-8-13(9-7-12)21(18,19)17-11-10-16-14-4-2-3-5-15(14)17;1-2;3-1-2-4/h2-9,16H,10-11H2,1H3;1-2H3;1,4H,(H,2,3). The van der Waals surface area contributed by atoms with Crippen LogP contribution >= 0.6 is 0 Å². The van der Waals surface area contributed by atoms with Gasteiger partial charge in [-0.05, 0) is 36.4 Å². The number of nitrogens with zero attached hydrogens (tertiary/aromatic N) is 1. The first kappa shape index (κ1) is 22.3. The molecule has 1 amide bonds. The van der Waals surface area contributed by atoms with Gasteiger partial charge in [-0.1, -0.05) is 26.0 Å². The molecule has 0 aliphatic carbocycles. The van der Waals surface area contributed by atoms with Crippen molar-refractivity contribution in [3.8, 4) is 5.75 Å². The van der Waals surface area contributed by atoms with Gasteiger partial charge in [0.05, 0.1) is 29.9 Å². The highest BCUT2D eigenvalue weighted by Gasteiger charge is 2.28. The Morgan fingerprint density at radius 1 is 1.15 bits per heavy atom. The number of sulfonamides is 1. The van der Waals surface area contributed by atoms with Crippen LogP contribution in [0.15, 0.2) is 53.4 Å². The summed E-state index contributed by atoms with van der Waals surface area (Å²) < 4.78 is 32.1. The molecule has 8 nitrogen and oxygen atoms in total. The van der Waals surface area contributed by atoms with E-state index in [0.29, 0.717) is 24.5 Å². The molecule has 1 heterocycles. The van der Waals surface area contributed by atoms with Gasteiger partial charge < -0.3 is 10.1 Å². The largest absolute Gasteiger partial charge is 0.497 e. The molecule has 3 rings (SSSR count). The van der Waals surface area contributed by atoms with Crippen molar-refractivity contribution in [1.29, 1.82) is 0 Å². The second kappa shape index (κ2) is 11.0. The monoisotopic (exact) mass is 395 g/mol. The summed E-state index contributed by atoms with van der Waals surface area (Å²) in [6, 6.07) is 13.9. The van der Waals surface area contributed by atoms with E-state index in [1.54, 1.807) is 31.4 Å². The maximum absolute atomic E-state index is 12.8. The lowest BCUT2D eigenvalue weighted by molar-refractivity contribution is -0.116. The van der Waals surface area contributed by atoms with E-state index in [2.05, 4.69) is 5.32 Å². The van der Waals surface area contributed by atoms with Gasteiger partial charge in [-0.25, -0.2) is 13.9 Å². The lowest BCUT2D eigenvalue weighted by Gasteiger charge is -2.31. The van der Waals surface area contributed by atoms with Crippen LogP contribution in [0.2, 0.25) is 0 Å². The molecule has 9 heteroatoms. The van der Waals surface area contributed by atoms with Crippen LogP contribution in [0.1, 0.15) is 13.8 Å². The molecule has 1 aliphatic rings. The van der Waals surface area contributed by atoms with Gasteiger partial charge in [0.1, 0.15) is 5.75 Å². The Bertz CT molecular complexity index is 810. The fourth-order valence-corrected chi connectivity index (χ4v) is 3.86. The van der Waals surface area contributed by atoms with Crippen LogP contribution in [0.4, 0.5) is 11.4 Å². The lowest BCUT2D eigenvalue weighted by Crippen LogP contribution is -2.38. The maximum atomic E-state index is 12.8. The number of hydroxylamine groups is 1. The first-order chi connectivity index (χ1) is 13.0. The lowest BCUT2D eigenvalue weighted by atomic mass is 10.2. The molecule has 0 saturated heterocycles. The van der Waals surface area contributed by atoms with Gasteiger partial charge in [-0.3, -0.25) is 14.3 Å². The Morgan fingerprint density at radius 3 is 2.30 bits per heavy atom. The minimum absolute atomic E-state index is 0.181. The van der Waals surface area contributed by atoms with E-state index in [9.17, 15) is 8.42 Å². The van der Waals surface area contributed by atoms with E-state index in [-0.39, 0.29) is 11.3 Å². The average molecular weight is 395 g/mol. The minimum Gasteiger partial charge on any atom is -0.497 e. The Balaban J connectivity index is 0.000000541. The summed E-state index contributed by atoms with van der Waals surface area (Å²) in [5, 5.41) is 10.5. The third-order valence-corrected chi connectivity index (χ3v) is 5.33. The predicted octanol–water partition coefficient (Wildman–Crippen LogP) is 2.46. The van der Waals surface area contributed by atoms with E-state index >= 15 is 0 Å². The third-order valence-electron chi connectivity index (χ3n) is 3.50. The zero-order chi connectivity index (χ0) is 20.3. The molecule has 148 valence electrons. The van der Waals surface area contributed by atoms with E-state index in [0.717, 1.165) is 5.69 Å². The van der Waals surface area contributed by atoms with Crippen molar-refractivity contribution in [3.05, 3.63) is 48.5 Å². The van der Waals surface area contributed by atoms with Crippen molar-refractivity contribution >= 4 is 27.8 Å². The number of rotatable bonds is 4. The molecule has 0 atom stereocenters. The molecule has 0 saturated carbocycles. The highest BCUT2D eigenvalue weighted by Crippen LogP contribution is 2.33. The Labute approximate surface area is 159 Å². The zero-order valence-corrected chi connectivity index (χ0v) is 16.4. The zero-order valence-electron chi connectivity index (χ0n) is 15.5. The number of anilines is 2. The van der Waals surface area contributed by atoms with E-state index in [4.69, 9.17) is 14.7 Å². The average Bonchev–Trinajstić information content (AvgIpc) is 2.75. The van der Waals surface area contributed by atoms with Crippen molar-refractivity contribution in [2.45, 2.75) is 18.7 Å². The maximum Gasteiger partial charge on any atom is 0.264 e. The van der Waals surface area contributed by atoms with Crippen LogP contribution in [0.3, 0.4) is 0 Å². The highest BCUT2D eigenvalue weighted by atomic mass is 32.2. The van der Waals surface area contributed by atoms with E-state index < -0.39 is 10.0 Å². The summed E-state index contributed by atoms with van der Waals surface area (Å²) in [5.41, 5.74) is 2.76. The molecule has 2 aromatic carbocycles. The van der Waals surface area contributed by atoms with Crippen LogP contribution in [-0.2, 0) is 14.8 Å². The van der Waals surface area contributed by atoms with Gasteiger partial charge >= 0.3 is 0 Å². The summed E-state index contributed by atoms with van der Waals surface area (Å²) in [5.74, 6) is 0.634. The van der Waals surface area contributed by atoms with Gasteiger partial charge in [0.25, 0.3) is 10.0 Å². The van der Waals surface area contributed by atoms with E-state index in [1.807, 2.05) is 38.1 Å². The Kier molecular flexibility index (Phi) is 9.11. The Hall–Kier alpha value is -2.78.